The largest absolute Gasteiger partial charge is 0.330 e. The monoisotopic (exact) mass is 173 g/mol. The smallest absolute Gasteiger partial charge is 0.00387 e. The highest BCUT2D eigenvalue weighted by Crippen LogP contribution is 2.20. The van der Waals surface area contributed by atoms with Crippen LogP contribution in [0, 0.1) is 11.8 Å². The van der Waals surface area contributed by atoms with Gasteiger partial charge in [0.2, 0.25) is 0 Å². The standard InChI is InChI=1S/C9H23N3/c1-7(8(2)12)9(3-5-10)4-6-11/h7-9H,3-6,10-12H2,1-2H3. The molecule has 0 aliphatic carbocycles. The average Bonchev–Trinajstić information content (AvgIpc) is 2.03. The zero-order valence-corrected chi connectivity index (χ0v) is 8.29. The zero-order valence-electron chi connectivity index (χ0n) is 8.29. The minimum Gasteiger partial charge on any atom is -0.330 e. The van der Waals surface area contributed by atoms with Crippen LogP contribution in [0.1, 0.15) is 26.7 Å². The molecule has 3 heteroatoms. The highest BCUT2D eigenvalue weighted by atomic mass is 14.6. The molecule has 0 radical (unpaired) electrons. The van der Waals surface area contributed by atoms with Crippen molar-refractivity contribution in [1.82, 2.24) is 0 Å². The van der Waals surface area contributed by atoms with Crippen molar-refractivity contribution < 1.29 is 0 Å². The predicted molar refractivity (Wildman–Crippen MR) is 53.6 cm³/mol. The number of hydrogen-bond donors (Lipinski definition) is 3. The molecule has 3 nitrogen and oxygen atoms in total. The normalized spacial score (nSPS) is 16.5. The highest BCUT2D eigenvalue weighted by molar-refractivity contribution is 4.73. The molecule has 2 atom stereocenters. The summed E-state index contributed by atoms with van der Waals surface area (Å²) in [4.78, 5) is 0. The second-order valence-electron chi connectivity index (χ2n) is 3.63. The molecule has 0 aromatic carbocycles. The van der Waals surface area contributed by atoms with Gasteiger partial charge < -0.3 is 17.2 Å². The van der Waals surface area contributed by atoms with Gasteiger partial charge in [0.1, 0.15) is 0 Å². The fourth-order valence-electron chi connectivity index (χ4n) is 1.53. The molecule has 0 aromatic heterocycles. The maximum absolute atomic E-state index is 5.82. The highest BCUT2D eigenvalue weighted by Gasteiger charge is 2.18. The first-order valence-corrected chi connectivity index (χ1v) is 4.79. The number of rotatable bonds is 6. The Balaban J connectivity index is 3.89. The van der Waals surface area contributed by atoms with Crippen LogP contribution < -0.4 is 17.2 Å². The van der Waals surface area contributed by atoms with E-state index in [1.54, 1.807) is 0 Å². The SMILES string of the molecule is CC(N)C(C)C(CCN)CCN. The molecule has 74 valence electrons. The van der Waals surface area contributed by atoms with Gasteiger partial charge in [-0.05, 0) is 44.7 Å². The van der Waals surface area contributed by atoms with Gasteiger partial charge in [-0.25, -0.2) is 0 Å². The van der Waals surface area contributed by atoms with Gasteiger partial charge in [0, 0.05) is 6.04 Å². The minimum absolute atomic E-state index is 0.244. The van der Waals surface area contributed by atoms with Crippen molar-refractivity contribution in [1.29, 1.82) is 0 Å². The van der Waals surface area contributed by atoms with E-state index in [0.717, 1.165) is 25.9 Å². The molecule has 0 bridgehead atoms. The van der Waals surface area contributed by atoms with E-state index < -0.39 is 0 Å². The molecule has 0 spiro atoms. The first-order chi connectivity index (χ1) is 5.63. The van der Waals surface area contributed by atoms with E-state index >= 15 is 0 Å². The Morgan fingerprint density at radius 2 is 1.42 bits per heavy atom. The summed E-state index contributed by atoms with van der Waals surface area (Å²) in [5, 5.41) is 0. The number of nitrogens with two attached hydrogens (primary N) is 3. The van der Waals surface area contributed by atoms with E-state index in [2.05, 4.69) is 6.92 Å². The van der Waals surface area contributed by atoms with Gasteiger partial charge in [0.05, 0.1) is 0 Å². The molecule has 0 fully saturated rings. The lowest BCUT2D eigenvalue weighted by atomic mass is 9.84. The van der Waals surface area contributed by atoms with Crippen LogP contribution in [0.15, 0.2) is 0 Å². The van der Waals surface area contributed by atoms with Crippen molar-refractivity contribution in [3.63, 3.8) is 0 Å². The van der Waals surface area contributed by atoms with E-state index in [1.807, 2.05) is 6.92 Å². The minimum atomic E-state index is 0.244. The van der Waals surface area contributed by atoms with E-state index in [0.29, 0.717) is 11.8 Å². The van der Waals surface area contributed by atoms with Crippen molar-refractivity contribution in [2.45, 2.75) is 32.7 Å². The molecule has 0 saturated heterocycles. The molecule has 0 heterocycles. The zero-order chi connectivity index (χ0) is 9.56. The van der Waals surface area contributed by atoms with Crippen molar-refractivity contribution in [3.05, 3.63) is 0 Å². The molecule has 0 aliphatic heterocycles. The van der Waals surface area contributed by atoms with E-state index in [-0.39, 0.29) is 6.04 Å². The second-order valence-corrected chi connectivity index (χ2v) is 3.63. The third-order valence-corrected chi connectivity index (χ3v) is 2.65. The molecular weight excluding hydrogens is 150 g/mol. The fourth-order valence-corrected chi connectivity index (χ4v) is 1.53. The third kappa shape index (κ3) is 4.04. The predicted octanol–water partition coefficient (Wildman–Crippen LogP) is 0.284. The molecule has 0 saturated carbocycles. The van der Waals surface area contributed by atoms with E-state index in [4.69, 9.17) is 17.2 Å². The first-order valence-electron chi connectivity index (χ1n) is 4.79. The molecule has 0 aliphatic rings. The lowest BCUT2D eigenvalue weighted by molar-refractivity contribution is 0.287. The van der Waals surface area contributed by atoms with Gasteiger partial charge in [0.15, 0.2) is 0 Å². The van der Waals surface area contributed by atoms with Crippen LogP contribution in [-0.4, -0.2) is 19.1 Å². The first kappa shape index (κ1) is 11.9. The lowest BCUT2D eigenvalue weighted by Gasteiger charge is -2.25. The molecule has 0 aromatic rings. The van der Waals surface area contributed by atoms with Crippen LogP contribution in [0.3, 0.4) is 0 Å². The molecular formula is C9H23N3. The van der Waals surface area contributed by atoms with Crippen LogP contribution in [-0.2, 0) is 0 Å². The maximum atomic E-state index is 5.82. The summed E-state index contributed by atoms with van der Waals surface area (Å²) >= 11 is 0. The number of hydrogen-bond acceptors (Lipinski definition) is 3. The van der Waals surface area contributed by atoms with Crippen molar-refractivity contribution >= 4 is 0 Å². The topological polar surface area (TPSA) is 78.1 Å². The summed E-state index contributed by atoms with van der Waals surface area (Å²) in [5.74, 6) is 1.12. The van der Waals surface area contributed by atoms with Gasteiger partial charge in [0.25, 0.3) is 0 Å². The van der Waals surface area contributed by atoms with Crippen molar-refractivity contribution in [3.8, 4) is 0 Å². The fraction of sp³-hybridized carbons (Fsp3) is 1.00. The van der Waals surface area contributed by atoms with Gasteiger partial charge >= 0.3 is 0 Å². The molecule has 12 heavy (non-hydrogen) atoms. The summed E-state index contributed by atoms with van der Waals surface area (Å²) in [5.41, 5.74) is 16.8. The Morgan fingerprint density at radius 3 is 1.67 bits per heavy atom. The Kier molecular flexibility index (Phi) is 6.34. The summed E-state index contributed by atoms with van der Waals surface area (Å²) in [6, 6.07) is 0.244. The van der Waals surface area contributed by atoms with Gasteiger partial charge in [-0.3, -0.25) is 0 Å². The molecule has 6 N–H and O–H groups in total. The van der Waals surface area contributed by atoms with E-state index in [9.17, 15) is 0 Å². The van der Waals surface area contributed by atoms with E-state index in [1.165, 1.54) is 0 Å². The van der Waals surface area contributed by atoms with Crippen LogP contribution in [0.4, 0.5) is 0 Å². The average molecular weight is 173 g/mol. The van der Waals surface area contributed by atoms with Crippen LogP contribution in [0.5, 0.6) is 0 Å². The van der Waals surface area contributed by atoms with Gasteiger partial charge in [-0.15, -0.1) is 0 Å². The second kappa shape index (κ2) is 6.40. The summed E-state index contributed by atoms with van der Waals surface area (Å²) in [6.45, 7) is 5.70. The quantitative estimate of drug-likeness (QED) is 0.540. The van der Waals surface area contributed by atoms with Gasteiger partial charge in [-0.1, -0.05) is 6.92 Å². The van der Waals surface area contributed by atoms with Crippen LogP contribution >= 0.6 is 0 Å². The Labute approximate surface area is 75.7 Å². The Bertz CT molecular complexity index is 97.9. The van der Waals surface area contributed by atoms with Gasteiger partial charge in [-0.2, -0.15) is 0 Å². The summed E-state index contributed by atoms with van der Waals surface area (Å²) in [7, 11) is 0. The maximum Gasteiger partial charge on any atom is 0.00387 e. The third-order valence-electron chi connectivity index (χ3n) is 2.65. The molecule has 0 amide bonds. The Morgan fingerprint density at radius 1 is 1.00 bits per heavy atom. The summed E-state index contributed by atoms with van der Waals surface area (Å²) in [6.07, 6.45) is 2.08. The van der Waals surface area contributed by atoms with Crippen molar-refractivity contribution in [2.75, 3.05) is 13.1 Å². The van der Waals surface area contributed by atoms with Crippen LogP contribution in [0.25, 0.3) is 0 Å². The molecule has 2 unspecified atom stereocenters. The Hall–Kier alpha value is -0.120. The lowest BCUT2D eigenvalue weighted by Crippen LogP contribution is -2.32. The summed E-state index contributed by atoms with van der Waals surface area (Å²) < 4.78 is 0. The van der Waals surface area contributed by atoms with Crippen LogP contribution in [0.2, 0.25) is 0 Å². The molecule has 0 rings (SSSR count). The van der Waals surface area contributed by atoms with Crippen molar-refractivity contribution in [2.24, 2.45) is 29.0 Å².